The zero-order chi connectivity index (χ0) is 13.0. The summed E-state index contributed by atoms with van der Waals surface area (Å²) in [6.07, 6.45) is 2.24. The van der Waals surface area contributed by atoms with Crippen molar-refractivity contribution in [1.82, 2.24) is 4.90 Å². The highest BCUT2D eigenvalue weighted by atomic mass is 19.1. The second-order valence-electron chi connectivity index (χ2n) is 4.83. The van der Waals surface area contributed by atoms with Gasteiger partial charge in [0.1, 0.15) is 11.6 Å². The highest BCUT2D eigenvalue weighted by molar-refractivity contribution is 5.77. The second-order valence-corrected chi connectivity index (χ2v) is 4.83. The van der Waals surface area contributed by atoms with E-state index in [1.54, 1.807) is 0 Å². The maximum absolute atomic E-state index is 12.7. The third kappa shape index (κ3) is 3.45. The minimum atomic E-state index is -0.307. The van der Waals surface area contributed by atoms with E-state index in [1.165, 1.54) is 30.7 Å². The van der Waals surface area contributed by atoms with E-state index in [-0.39, 0.29) is 18.3 Å². The molecule has 1 unspecified atom stereocenters. The Kier molecular flexibility index (Phi) is 4.18. The summed E-state index contributed by atoms with van der Waals surface area (Å²) in [5.74, 6) is 0.785. The molecular formula is C14H18FNO2. The summed E-state index contributed by atoms with van der Waals surface area (Å²) in [5.41, 5.74) is 0. The maximum Gasteiger partial charge on any atom is 0.260 e. The summed E-state index contributed by atoms with van der Waals surface area (Å²) >= 11 is 0. The number of halogens is 1. The molecule has 1 aromatic rings. The van der Waals surface area contributed by atoms with Gasteiger partial charge in [-0.05, 0) is 43.0 Å². The Balaban J connectivity index is 1.82. The number of carbonyl (C=O) groups excluding carboxylic acids is 1. The lowest BCUT2D eigenvalue weighted by Crippen LogP contribution is -2.41. The molecule has 0 bridgehead atoms. The molecule has 0 saturated carbocycles. The zero-order valence-corrected chi connectivity index (χ0v) is 10.6. The number of carbonyl (C=O) groups is 1. The summed E-state index contributed by atoms with van der Waals surface area (Å²) in [7, 11) is 0. The molecule has 0 N–H and O–H groups in total. The van der Waals surface area contributed by atoms with E-state index in [1.807, 2.05) is 4.90 Å². The van der Waals surface area contributed by atoms with Gasteiger partial charge in [-0.25, -0.2) is 4.39 Å². The van der Waals surface area contributed by atoms with E-state index in [2.05, 4.69) is 6.92 Å². The van der Waals surface area contributed by atoms with Gasteiger partial charge in [-0.15, -0.1) is 0 Å². The van der Waals surface area contributed by atoms with Gasteiger partial charge >= 0.3 is 0 Å². The van der Waals surface area contributed by atoms with Gasteiger partial charge in [0.25, 0.3) is 5.91 Å². The standard InChI is InChI=1S/C14H18FNO2/c1-11-3-2-8-16(9-11)14(17)10-18-13-6-4-12(15)5-7-13/h4-7,11H,2-3,8-10H2,1H3. The lowest BCUT2D eigenvalue weighted by atomic mass is 10.0. The Hall–Kier alpha value is -1.58. The summed E-state index contributed by atoms with van der Waals surface area (Å²) < 4.78 is 18.0. The first-order valence-electron chi connectivity index (χ1n) is 6.31. The van der Waals surface area contributed by atoms with Gasteiger partial charge in [0.2, 0.25) is 0 Å². The first kappa shape index (κ1) is 12.9. The van der Waals surface area contributed by atoms with Gasteiger partial charge in [-0.3, -0.25) is 4.79 Å². The first-order valence-corrected chi connectivity index (χ1v) is 6.31. The number of benzene rings is 1. The molecule has 1 aliphatic rings. The molecular weight excluding hydrogens is 233 g/mol. The molecule has 1 aliphatic heterocycles. The van der Waals surface area contributed by atoms with Gasteiger partial charge in [-0.2, -0.15) is 0 Å². The smallest absolute Gasteiger partial charge is 0.260 e. The quantitative estimate of drug-likeness (QED) is 0.826. The molecule has 3 nitrogen and oxygen atoms in total. The number of rotatable bonds is 3. The Morgan fingerprint density at radius 3 is 2.83 bits per heavy atom. The number of amides is 1. The molecule has 1 fully saturated rings. The van der Waals surface area contributed by atoms with Crippen LogP contribution in [0.4, 0.5) is 4.39 Å². The molecule has 2 rings (SSSR count). The largest absolute Gasteiger partial charge is 0.484 e. The number of piperidine rings is 1. The Bertz CT molecular complexity index is 405. The average Bonchev–Trinajstić information content (AvgIpc) is 2.38. The maximum atomic E-state index is 12.7. The van der Waals surface area contributed by atoms with E-state index in [4.69, 9.17) is 4.74 Å². The predicted octanol–water partition coefficient (Wildman–Crippen LogP) is 2.46. The topological polar surface area (TPSA) is 29.5 Å². The van der Waals surface area contributed by atoms with Crippen molar-refractivity contribution in [2.24, 2.45) is 5.92 Å². The van der Waals surface area contributed by atoms with Gasteiger partial charge < -0.3 is 9.64 Å². The zero-order valence-electron chi connectivity index (χ0n) is 10.6. The lowest BCUT2D eigenvalue weighted by Gasteiger charge is -2.30. The normalized spacial score (nSPS) is 19.7. The van der Waals surface area contributed by atoms with Crippen LogP contribution in [0.15, 0.2) is 24.3 Å². The summed E-state index contributed by atoms with van der Waals surface area (Å²) in [6, 6.07) is 5.70. The minimum Gasteiger partial charge on any atom is -0.484 e. The van der Waals surface area contributed by atoms with Gasteiger partial charge in [0.05, 0.1) is 0 Å². The van der Waals surface area contributed by atoms with E-state index in [9.17, 15) is 9.18 Å². The van der Waals surface area contributed by atoms with Crippen molar-refractivity contribution in [2.45, 2.75) is 19.8 Å². The van der Waals surface area contributed by atoms with Crippen LogP contribution in [0, 0.1) is 11.7 Å². The molecule has 4 heteroatoms. The summed E-state index contributed by atoms with van der Waals surface area (Å²) in [5, 5.41) is 0. The monoisotopic (exact) mass is 251 g/mol. The molecule has 1 amide bonds. The minimum absolute atomic E-state index is 0.00544. The van der Waals surface area contributed by atoms with Gasteiger partial charge in [0.15, 0.2) is 6.61 Å². The van der Waals surface area contributed by atoms with Crippen LogP contribution in [0.2, 0.25) is 0 Å². The summed E-state index contributed by atoms with van der Waals surface area (Å²) in [6.45, 7) is 3.81. The van der Waals surface area contributed by atoms with Crippen LogP contribution in [-0.2, 0) is 4.79 Å². The van der Waals surface area contributed by atoms with Crippen LogP contribution in [0.3, 0.4) is 0 Å². The predicted molar refractivity (Wildman–Crippen MR) is 66.9 cm³/mol. The molecule has 1 saturated heterocycles. The van der Waals surface area contributed by atoms with Crippen molar-refractivity contribution in [1.29, 1.82) is 0 Å². The Labute approximate surface area is 107 Å². The molecule has 98 valence electrons. The molecule has 0 aromatic heterocycles. The number of hydrogen-bond donors (Lipinski definition) is 0. The van der Waals surface area contributed by atoms with E-state index in [0.717, 1.165) is 19.5 Å². The molecule has 0 aliphatic carbocycles. The van der Waals surface area contributed by atoms with E-state index >= 15 is 0 Å². The third-order valence-electron chi connectivity index (χ3n) is 3.19. The third-order valence-corrected chi connectivity index (χ3v) is 3.19. The molecule has 0 radical (unpaired) electrons. The second kappa shape index (κ2) is 5.85. The van der Waals surface area contributed by atoms with Crippen molar-refractivity contribution in [3.63, 3.8) is 0 Å². The van der Waals surface area contributed by atoms with Crippen LogP contribution in [0.25, 0.3) is 0 Å². The fourth-order valence-corrected chi connectivity index (χ4v) is 2.18. The highest BCUT2D eigenvalue weighted by Crippen LogP contribution is 2.16. The number of ether oxygens (including phenoxy) is 1. The molecule has 1 aromatic carbocycles. The fourth-order valence-electron chi connectivity index (χ4n) is 2.18. The van der Waals surface area contributed by atoms with Crippen LogP contribution in [0.1, 0.15) is 19.8 Å². The molecule has 1 heterocycles. The van der Waals surface area contributed by atoms with Gasteiger partial charge in [-0.1, -0.05) is 6.92 Å². The average molecular weight is 251 g/mol. The SMILES string of the molecule is CC1CCCN(C(=O)COc2ccc(F)cc2)C1. The molecule has 1 atom stereocenters. The number of nitrogens with zero attached hydrogens (tertiary/aromatic N) is 1. The van der Waals surface area contributed by atoms with Crippen LogP contribution >= 0.6 is 0 Å². The first-order chi connectivity index (χ1) is 8.65. The number of likely N-dealkylation sites (tertiary alicyclic amines) is 1. The van der Waals surface area contributed by atoms with E-state index in [0.29, 0.717) is 11.7 Å². The fraction of sp³-hybridized carbons (Fsp3) is 0.500. The number of hydrogen-bond acceptors (Lipinski definition) is 2. The van der Waals surface area contributed by atoms with Crippen molar-refractivity contribution in [3.05, 3.63) is 30.1 Å². The van der Waals surface area contributed by atoms with Crippen molar-refractivity contribution in [2.75, 3.05) is 19.7 Å². The Morgan fingerprint density at radius 1 is 1.44 bits per heavy atom. The van der Waals surface area contributed by atoms with Crippen LogP contribution < -0.4 is 4.74 Å². The van der Waals surface area contributed by atoms with Crippen LogP contribution in [0.5, 0.6) is 5.75 Å². The Morgan fingerprint density at radius 2 is 2.17 bits per heavy atom. The summed E-state index contributed by atoms with van der Waals surface area (Å²) in [4.78, 5) is 13.8. The molecule has 0 spiro atoms. The van der Waals surface area contributed by atoms with Crippen molar-refractivity contribution >= 4 is 5.91 Å². The highest BCUT2D eigenvalue weighted by Gasteiger charge is 2.20. The van der Waals surface area contributed by atoms with Crippen LogP contribution in [-0.4, -0.2) is 30.5 Å². The van der Waals surface area contributed by atoms with Gasteiger partial charge in [0, 0.05) is 13.1 Å². The van der Waals surface area contributed by atoms with E-state index < -0.39 is 0 Å². The molecule has 18 heavy (non-hydrogen) atoms. The van der Waals surface area contributed by atoms with Crippen molar-refractivity contribution in [3.8, 4) is 5.75 Å². The van der Waals surface area contributed by atoms with Crippen molar-refractivity contribution < 1.29 is 13.9 Å². The lowest BCUT2D eigenvalue weighted by molar-refractivity contribution is -0.135.